The predicted octanol–water partition coefficient (Wildman–Crippen LogP) is 4.83. The van der Waals surface area contributed by atoms with E-state index >= 15 is 0 Å². The lowest BCUT2D eigenvalue weighted by atomic mass is 10.2. The molecule has 3 aromatic rings. The number of amides is 1. The molecule has 2 aromatic heterocycles. The maximum Gasteiger partial charge on any atom is 0.350 e. The third-order valence-corrected chi connectivity index (χ3v) is 5.90. The van der Waals surface area contributed by atoms with Gasteiger partial charge in [-0.25, -0.2) is 9.78 Å². The summed E-state index contributed by atoms with van der Waals surface area (Å²) in [7, 11) is 1.31. The highest BCUT2D eigenvalue weighted by Crippen LogP contribution is 2.36. The Morgan fingerprint density at radius 1 is 1.21 bits per heavy atom. The molecule has 0 aliphatic carbocycles. The van der Waals surface area contributed by atoms with E-state index in [4.69, 9.17) is 21.3 Å². The smallest absolute Gasteiger partial charge is 0.350 e. The molecule has 2 heterocycles. The zero-order valence-electron chi connectivity index (χ0n) is 16.5. The molecule has 152 valence electrons. The second-order valence-electron chi connectivity index (χ2n) is 6.38. The molecule has 0 unspecified atom stereocenters. The molecule has 0 saturated carbocycles. The predicted molar refractivity (Wildman–Crippen MR) is 117 cm³/mol. The van der Waals surface area contributed by atoms with E-state index in [1.54, 1.807) is 24.3 Å². The van der Waals surface area contributed by atoms with Gasteiger partial charge in [-0.3, -0.25) is 9.69 Å². The van der Waals surface area contributed by atoms with Gasteiger partial charge in [-0.05, 0) is 43.4 Å². The number of hydrogen-bond donors (Lipinski definition) is 1. The molecule has 0 saturated heterocycles. The summed E-state index contributed by atoms with van der Waals surface area (Å²) in [6.45, 7) is 6.78. The highest BCUT2D eigenvalue weighted by Gasteiger charge is 2.22. The van der Waals surface area contributed by atoms with Crippen molar-refractivity contribution in [2.24, 2.45) is 0 Å². The second-order valence-corrected chi connectivity index (χ2v) is 7.81. The summed E-state index contributed by atoms with van der Waals surface area (Å²) in [5.74, 6) is -0.871. The third kappa shape index (κ3) is 4.75. The Morgan fingerprint density at radius 3 is 2.62 bits per heavy atom. The van der Waals surface area contributed by atoms with E-state index in [1.165, 1.54) is 18.4 Å². The van der Waals surface area contributed by atoms with Crippen molar-refractivity contribution in [3.63, 3.8) is 0 Å². The number of esters is 1. The van der Waals surface area contributed by atoms with E-state index in [2.05, 4.69) is 24.1 Å². The normalized spacial score (nSPS) is 11.1. The summed E-state index contributed by atoms with van der Waals surface area (Å²) >= 11 is 7.20. The summed E-state index contributed by atoms with van der Waals surface area (Å²) in [5.41, 5.74) is 1.72. The topological polar surface area (TPSA) is 71.5 Å². The first kappa shape index (κ1) is 21.2. The van der Waals surface area contributed by atoms with Crippen LogP contribution in [0.1, 0.15) is 39.6 Å². The first-order chi connectivity index (χ1) is 14.0. The van der Waals surface area contributed by atoms with Gasteiger partial charge >= 0.3 is 5.97 Å². The van der Waals surface area contributed by atoms with Gasteiger partial charge in [-0.1, -0.05) is 31.5 Å². The van der Waals surface area contributed by atoms with Crippen LogP contribution in [0.15, 0.2) is 36.4 Å². The van der Waals surface area contributed by atoms with Crippen molar-refractivity contribution in [3.8, 4) is 0 Å². The van der Waals surface area contributed by atoms with Crippen LogP contribution in [0, 0.1) is 0 Å². The number of anilines is 1. The number of methoxy groups -OCH3 is 1. The van der Waals surface area contributed by atoms with E-state index < -0.39 is 5.97 Å². The van der Waals surface area contributed by atoms with Crippen LogP contribution < -0.4 is 5.32 Å². The molecule has 0 atom stereocenters. The molecule has 0 fully saturated rings. The van der Waals surface area contributed by atoms with Crippen LogP contribution in [-0.2, 0) is 11.3 Å². The number of fused-ring (bicyclic) bond motifs is 1. The lowest BCUT2D eigenvalue weighted by Gasteiger charge is -2.17. The Balaban J connectivity index is 2.00. The molecule has 0 radical (unpaired) electrons. The summed E-state index contributed by atoms with van der Waals surface area (Å²) in [6.07, 6.45) is 0. The molecule has 29 heavy (non-hydrogen) atoms. The van der Waals surface area contributed by atoms with Crippen molar-refractivity contribution < 1.29 is 14.3 Å². The molecule has 3 rings (SSSR count). The average Bonchev–Trinajstić information content (AvgIpc) is 3.08. The Bertz CT molecular complexity index is 1050. The van der Waals surface area contributed by atoms with Gasteiger partial charge in [0.05, 0.1) is 18.5 Å². The van der Waals surface area contributed by atoms with E-state index in [-0.39, 0.29) is 5.91 Å². The van der Waals surface area contributed by atoms with Crippen LogP contribution >= 0.6 is 22.9 Å². The number of halogens is 1. The van der Waals surface area contributed by atoms with Gasteiger partial charge in [0.2, 0.25) is 0 Å². The minimum atomic E-state index is -0.514. The maximum atomic E-state index is 12.7. The van der Waals surface area contributed by atoms with Crippen molar-refractivity contribution in [2.75, 3.05) is 25.5 Å². The number of hydrogen-bond acceptors (Lipinski definition) is 6. The molecule has 6 nitrogen and oxygen atoms in total. The van der Waals surface area contributed by atoms with Gasteiger partial charge in [0, 0.05) is 22.5 Å². The number of nitrogens with one attached hydrogen (secondary N) is 1. The summed E-state index contributed by atoms with van der Waals surface area (Å²) in [6, 6.07) is 10.4. The van der Waals surface area contributed by atoms with Crippen LogP contribution in [-0.4, -0.2) is 42.0 Å². The standard InChI is InChI=1S/C21H22ClN3O3S/c1-4-25(5-2)12-15-9-10-16-17(18(21(27)28-3)29-20(16)23-15)24-19(26)13-7-6-8-14(22)11-13/h6-11H,4-5,12H2,1-3H3,(H,24,26). The number of aromatic nitrogens is 1. The first-order valence-electron chi connectivity index (χ1n) is 9.26. The molecule has 1 aromatic carbocycles. The lowest BCUT2D eigenvalue weighted by Crippen LogP contribution is -2.22. The fourth-order valence-corrected chi connectivity index (χ4v) is 4.21. The number of nitrogens with zero attached hydrogens (tertiary/aromatic N) is 2. The Morgan fingerprint density at radius 2 is 1.97 bits per heavy atom. The largest absolute Gasteiger partial charge is 0.465 e. The van der Waals surface area contributed by atoms with Crippen molar-refractivity contribution in [2.45, 2.75) is 20.4 Å². The van der Waals surface area contributed by atoms with Crippen LogP contribution in [0.25, 0.3) is 10.2 Å². The van der Waals surface area contributed by atoms with Crippen molar-refractivity contribution >= 4 is 50.7 Å². The number of carbonyl (C=O) groups excluding carboxylic acids is 2. The third-order valence-electron chi connectivity index (χ3n) is 4.59. The first-order valence-corrected chi connectivity index (χ1v) is 10.5. The zero-order valence-corrected chi connectivity index (χ0v) is 18.1. The van der Waals surface area contributed by atoms with Crippen LogP contribution in [0.4, 0.5) is 5.69 Å². The van der Waals surface area contributed by atoms with Gasteiger partial charge in [-0.2, -0.15) is 0 Å². The van der Waals surface area contributed by atoms with Gasteiger partial charge in [0.25, 0.3) is 5.91 Å². The molecule has 1 amide bonds. The van der Waals surface area contributed by atoms with Crippen molar-refractivity contribution in [3.05, 3.63) is 57.6 Å². The van der Waals surface area contributed by atoms with E-state index in [0.717, 1.165) is 25.3 Å². The molecular formula is C21H22ClN3O3S. The summed E-state index contributed by atoms with van der Waals surface area (Å²) in [4.78, 5) is 33.0. The Labute approximate surface area is 178 Å². The average molecular weight is 432 g/mol. The van der Waals surface area contributed by atoms with Gasteiger partial charge in [0.1, 0.15) is 9.71 Å². The monoisotopic (exact) mass is 431 g/mol. The second kappa shape index (κ2) is 9.35. The Hall–Kier alpha value is -2.48. The zero-order chi connectivity index (χ0) is 21.0. The number of ether oxygens (including phenoxy) is 1. The Kier molecular flexibility index (Phi) is 6.84. The molecule has 0 spiro atoms. The van der Waals surface area contributed by atoms with Crippen LogP contribution in [0.2, 0.25) is 5.02 Å². The fraction of sp³-hybridized carbons (Fsp3) is 0.286. The number of pyridine rings is 1. The SMILES string of the molecule is CCN(CC)Cc1ccc2c(NC(=O)c3cccc(Cl)c3)c(C(=O)OC)sc2n1. The minimum absolute atomic E-state index is 0.311. The highest BCUT2D eigenvalue weighted by atomic mass is 35.5. The van der Waals surface area contributed by atoms with Crippen molar-refractivity contribution in [1.82, 2.24) is 9.88 Å². The van der Waals surface area contributed by atoms with Crippen LogP contribution in [0.3, 0.4) is 0 Å². The fourth-order valence-electron chi connectivity index (χ4n) is 2.96. The molecule has 8 heteroatoms. The van der Waals surface area contributed by atoms with E-state index in [1.807, 2.05) is 12.1 Å². The lowest BCUT2D eigenvalue weighted by molar-refractivity contribution is 0.0607. The summed E-state index contributed by atoms with van der Waals surface area (Å²) < 4.78 is 4.91. The van der Waals surface area contributed by atoms with E-state index in [9.17, 15) is 9.59 Å². The van der Waals surface area contributed by atoms with E-state index in [0.29, 0.717) is 31.4 Å². The van der Waals surface area contributed by atoms with Gasteiger partial charge in [0.15, 0.2) is 0 Å². The molecule has 0 bridgehead atoms. The molecular weight excluding hydrogens is 410 g/mol. The number of benzene rings is 1. The van der Waals surface area contributed by atoms with Crippen molar-refractivity contribution in [1.29, 1.82) is 0 Å². The molecule has 0 aliphatic rings. The minimum Gasteiger partial charge on any atom is -0.465 e. The number of carbonyl (C=O) groups is 2. The molecule has 0 aliphatic heterocycles. The molecule has 1 N–H and O–H groups in total. The van der Waals surface area contributed by atoms with Crippen LogP contribution in [0.5, 0.6) is 0 Å². The van der Waals surface area contributed by atoms with Gasteiger partial charge < -0.3 is 10.1 Å². The van der Waals surface area contributed by atoms with Gasteiger partial charge in [-0.15, -0.1) is 11.3 Å². The number of thiophene rings is 1. The highest BCUT2D eigenvalue weighted by molar-refractivity contribution is 7.21. The summed E-state index contributed by atoms with van der Waals surface area (Å²) in [5, 5.41) is 4.00. The quantitative estimate of drug-likeness (QED) is 0.542. The maximum absolute atomic E-state index is 12.7. The number of rotatable bonds is 7.